The highest BCUT2D eigenvalue weighted by atomic mass is 16.5. The van der Waals surface area contributed by atoms with Gasteiger partial charge in [-0.3, -0.25) is 0 Å². The van der Waals surface area contributed by atoms with Gasteiger partial charge in [0.25, 0.3) is 0 Å². The second-order valence-electron chi connectivity index (χ2n) is 12.8. The first-order valence-electron chi connectivity index (χ1n) is 16.1. The SMILES string of the molecule is COc1cc(CC(Cc2cc(OC)cc(OC)c2)(C2=N[C@H]3c4ccccc4C[C@H]3O2)C2=N[C@H]3c4ccccc4C[C@H]3O2)cc(OC)c1. The molecule has 0 radical (unpaired) electrons. The highest BCUT2D eigenvalue weighted by Gasteiger charge is 2.55. The molecule has 8 heteroatoms. The molecule has 0 saturated heterocycles. The molecule has 2 heterocycles. The van der Waals surface area contributed by atoms with Crippen molar-refractivity contribution in [2.24, 2.45) is 15.4 Å². The first-order chi connectivity index (χ1) is 23.0. The van der Waals surface area contributed by atoms with Gasteiger partial charge in [0.15, 0.2) is 0 Å². The Bertz CT molecular complexity index is 1720. The van der Waals surface area contributed by atoms with E-state index >= 15 is 0 Å². The molecule has 8 nitrogen and oxygen atoms in total. The lowest BCUT2D eigenvalue weighted by Crippen LogP contribution is -2.45. The quantitative estimate of drug-likeness (QED) is 0.195. The van der Waals surface area contributed by atoms with E-state index in [1.807, 2.05) is 36.4 Å². The van der Waals surface area contributed by atoms with E-state index in [9.17, 15) is 0 Å². The van der Waals surface area contributed by atoms with Crippen LogP contribution in [0, 0.1) is 5.41 Å². The van der Waals surface area contributed by atoms with Gasteiger partial charge in [-0.15, -0.1) is 0 Å². The summed E-state index contributed by atoms with van der Waals surface area (Å²) in [6.45, 7) is 0. The predicted molar refractivity (Wildman–Crippen MR) is 179 cm³/mol. The minimum Gasteiger partial charge on any atom is -0.497 e. The molecule has 0 unspecified atom stereocenters. The van der Waals surface area contributed by atoms with Gasteiger partial charge in [-0.2, -0.15) is 0 Å². The van der Waals surface area contributed by atoms with E-state index in [0.717, 1.165) is 24.0 Å². The molecule has 0 N–H and O–H groups in total. The zero-order valence-electron chi connectivity index (χ0n) is 27.1. The second kappa shape index (κ2) is 11.7. The maximum absolute atomic E-state index is 6.97. The molecule has 4 aromatic carbocycles. The number of hydrogen-bond donors (Lipinski definition) is 0. The normalized spacial score (nSPS) is 21.8. The summed E-state index contributed by atoms with van der Waals surface area (Å²) >= 11 is 0. The van der Waals surface area contributed by atoms with Crippen molar-refractivity contribution in [3.63, 3.8) is 0 Å². The van der Waals surface area contributed by atoms with E-state index in [2.05, 4.69) is 48.5 Å². The van der Waals surface area contributed by atoms with Gasteiger partial charge in [0, 0.05) is 25.0 Å². The Hall–Kier alpha value is -4.98. The minimum absolute atomic E-state index is 0.0938. The first-order valence-corrected chi connectivity index (χ1v) is 16.1. The van der Waals surface area contributed by atoms with E-state index in [-0.39, 0.29) is 24.3 Å². The van der Waals surface area contributed by atoms with Crippen molar-refractivity contribution < 1.29 is 28.4 Å². The summed E-state index contributed by atoms with van der Waals surface area (Å²) in [5.41, 5.74) is 6.08. The van der Waals surface area contributed by atoms with Crippen LogP contribution >= 0.6 is 0 Å². The summed E-state index contributed by atoms with van der Waals surface area (Å²) in [5.74, 6) is 4.09. The number of fused-ring (bicyclic) bond motifs is 6. The Balaban J connectivity index is 1.32. The average molecular weight is 631 g/mol. The highest BCUT2D eigenvalue weighted by Crippen LogP contribution is 2.49. The lowest BCUT2D eigenvalue weighted by atomic mass is 9.75. The smallest absolute Gasteiger partial charge is 0.201 e. The van der Waals surface area contributed by atoms with Crippen molar-refractivity contribution in [3.8, 4) is 23.0 Å². The maximum Gasteiger partial charge on any atom is 0.201 e. The van der Waals surface area contributed by atoms with Crippen molar-refractivity contribution in [2.45, 2.75) is 50.0 Å². The van der Waals surface area contributed by atoms with Crippen molar-refractivity contribution in [1.82, 2.24) is 0 Å². The third-order valence-corrected chi connectivity index (χ3v) is 9.99. The minimum atomic E-state index is -0.896. The fraction of sp³-hybridized carbons (Fsp3) is 0.333. The molecule has 8 rings (SSSR count). The third kappa shape index (κ3) is 5.07. The molecule has 2 aliphatic heterocycles. The number of ether oxygens (including phenoxy) is 6. The molecular formula is C39H38N2O6. The number of hydrogen-bond acceptors (Lipinski definition) is 8. The van der Waals surface area contributed by atoms with Gasteiger partial charge in [-0.25, -0.2) is 9.98 Å². The van der Waals surface area contributed by atoms with E-state index in [1.54, 1.807) is 28.4 Å². The monoisotopic (exact) mass is 630 g/mol. The lowest BCUT2D eigenvalue weighted by Gasteiger charge is -2.34. The second-order valence-corrected chi connectivity index (χ2v) is 12.8. The van der Waals surface area contributed by atoms with Crippen LogP contribution in [0.4, 0.5) is 0 Å². The van der Waals surface area contributed by atoms with E-state index < -0.39 is 5.41 Å². The Labute approximate surface area is 275 Å². The van der Waals surface area contributed by atoms with Crippen molar-refractivity contribution in [3.05, 3.63) is 118 Å². The molecule has 4 aromatic rings. The number of rotatable bonds is 10. The summed E-state index contributed by atoms with van der Waals surface area (Å²) in [6.07, 6.45) is 2.39. The molecule has 4 aliphatic rings. The molecule has 0 aromatic heterocycles. The summed E-state index contributed by atoms with van der Waals surface area (Å²) in [7, 11) is 6.67. The van der Waals surface area contributed by atoms with Crippen LogP contribution in [0.15, 0.2) is 94.9 Å². The molecule has 0 spiro atoms. The lowest BCUT2D eigenvalue weighted by molar-refractivity contribution is 0.162. The van der Waals surface area contributed by atoms with Crippen LogP contribution < -0.4 is 18.9 Å². The largest absolute Gasteiger partial charge is 0.497 e. The van der Waals surface area contributed by atoms with Gasteiger partial charge in [0.2, 0.25) is 11.8 Å². The number of aliphatic imine (C=N–C) groups is 2. The van der Waals surface area contributed by atoms with E-state index in [1.165, 1.54) is 22.3 Å². The molecule has 240 valence electrons. The van der Waals surface area contributed by atoms with Crippen molar-refractivity contribution in [1.29, 1.82) is 0 Å². The van der Waals surface area contributed by atoms with Crippen LogP contribution in [-0.4, -0.2) is 52.4 Å². The van der Waals surface area contributed by atoms with Gasteiger partial charge in [0.05, 0.1) is 28.4 Å². The van der Waals surface area contributed by atoms with Crippen LogP contribution in [0.5, 0.6) is 23.0 Å². The Morgan fingerprint density at radius 3 is 1.34 bits per heavy atom. The number of benzene rings is 4. The predicted octanol–water partition coefficient (Wildman–Crippen LogP) is 6.68. The molecule has 4 atom stereocenters. The van der Waals surface area contributed by atoms with Crippen LogP contribution in [0.1, 0.15) is 45.5 Å². The van der Waals surface area contributed by atoms with Crippen LogP contribution in [0.2, 0.25) is 0 Å². The van der Waals surface area contributed by atoms with E-state index in [4.69, 9.17) is 38.4 Å². The van der Waals surface area contributed by atoms with E-state index in [0.29, 0.717) is 47.6 Å². The number of methoxy groups -OCH3 is 4. The van der Waals surface area contributed by atoms with Gasteiger partial charge in [-0.05, 0) is 70.5 Å². The molecule has 0 fully saturated rings. The van der Waals surface area contributed by atoms with Crippen molar-refractivity contribution in [2.75, 3.05) is 28.4 Å². The Morgan fingerprint density at radius 2 is 0.957 bits per heavy atom. The van der Waals surface area contributed by atoms with Gasteiger partial charge in [0.1, 0.15) is 52.7 Å². The fourth-order valence-electron chi connectivity index (χ4n) is 7.76. The summed E-state index contributed by atoms with van der Waals surface area (Å²) < 4.78 is 36.8. The standard InChI is InChI=1S/C39H38N2O6/c1-42-27-13-23(14-28(19-27)43-2)21-39(22-24-15-29(44-3)20-30(16-24)45-4,37-40-35-31-11-7-5-9-25(31)17-33(35)46-37)38-41-36-32-12-8-6-10-26(32)18-34(36)47-38/h5-16,19-20,33-36H,17-18,21-22H2,1-4H3/t33-,34-,35+,36+/m1/s1. The molecule has 47 heavy (non-hydrogen) atoms. The zero-order chi connectivity index (χ0) is 32.1. The highest BCUT2D eigenvalue weighted by molar-refractivity contribution is 6.07. The van der Waals surface area contributed by atoms with Gasteiger partial charge in [-0.1, -0.05) is 48.5 Å². The summed E-state index contributed by atoms with van der Waals surface area (Å²) in [4.78, 5) is 10.8. The molecule has 0 bridgehead atoms. The summed E-state index contributed by atoms with van der Waals surface area (Å²) in [5, 5.41) is 0. The fourth-order valence-corrected chi connectivity index (χ4v) is 7.76. The topological polar surface area (TPSA) is 80.1 Å². The van der Waals surface area contributed by atoms with Gasteiger partial charge >= 0.3 is 0 Å². The van der Waals surface area contributed by atoms with Crippen LogP contribution in [-0.2, 0) is 35.2 Å². The van der Waals surface area contributed by atoms with Crippen LogP contribution in [0.25, 0.3) is 0 Å². The first kappa shape index (κ1) is 29.4. The zero-order valence-corrected chi connectivity index (χ0v) is 27.1. The summed E-state index contributed by atoms with van der Waals surface area (Å²) in [6, 6.07) is 28.8. The average Bonchev–Trinajstić information content (AvgIpc) is 3.87. The Morgan fingerprint density at radius 1 is 0.574 bits per heavy atom. The molecular weight excluding hydrogens is 592 g/mol. The van der Waals surface area contributed by atoms with Crippen LogP contribution in [0.3, 0.4) is 0 Å². The maximum atomic E-state index is 6.97. The number of nitrogens with zero attached hydrogens (tertiary/aromatic N) is 2. The Kier molecular flexibility index (Phi) is 7.31. The molecule has 2 aliphatic carbocycles. The van der Waals surface area contributed by atoms with Crippen molar-refractivity contribution >= 4 is 11.8 Å². The molecule has 0 saturated carbocycles. The van der Waals surface area contributed by atoms with Gasteiger partial charge < -0.3 is 28.4 Å². The third-order valence-electron chi connectivity index (χ3n) is 9.99. The molecule has 0 amide bonds.